The van der Waals surface area contributed by atoms with Crippen molar-refractivity contribution in [2.75, 3.05) is 0 Å². The van der Waals surface area contributed by atoms with E-state index in [-0.39, 0.29) is 51.4 Å². The van der Waals surface area contributed by atoms with Gasteiger partial charge in [-0.3, -0.25) is 4.89 Å². The number of rotatable bonds is 2. The average Bonchev–Trinajstić information content (AvgIpc) is 1.89. The van der Waals surface area contributed by atoms with Gasteiger partial charge in [-0.15, -0.1) is 0 Å². The third-order valence-corrected chi connectivity index (χ3v) is 0.626. The second-order valence-corrected chi connectivity index (χ2v) is 1.30. The number of carbonyl (C=O) groups excluding carboxylic acids is 1. The SMILES string of the molecule is C/C=C/C=C/C(=O)OO.[KH]. The third kappa shape index (κ3) is 8.55. The predicted octanol–water partition coefficient (Wildman–Crippen LogP) is 0.486. The normalized spacial score (nSPS) is 9.80. The molecule has 0 bridgehead atoms. The summed E-state index contributed by atoms with van der Waals surface area (Å²) in [6, 6.07) is 0. The molecule has 0 heterocycles. The summed E-state index contributed by atoms with van der Waals surface area (Å²) in [5, 5.41) is 7.71. The molecular weight excluding hydrogens is 159 g/mol. The van der Waals surface area contributed by atoms with Crippen molar-refractivity contribution in [3.05, 3.63) is 24.3 Å². The van der Waals surface area contributed by atoms with Gasteiger partial charge in [-0.05, 0) is 6.92 Å². The Labute approximate surface area is 102 Å². The molecule has 0 rings (SSSR count). The van der Waals surface area contributed by atoms with Crippen LogP contribution in [0.5, 0.6) is 0 Å². The zero-order chi connectivity index (χ0) is 7.11. The van der Waals surface area contributed by atoms with Crippen molar-refractivity contribution in [3.63, 3.8) is 0 Å². The van der Waals surface area contributed by atoms with E-state index in [1.807, 2.05) is 6.92 Å². The van der Waals surface area contributed by atoms with E-state index in [1.165, 1.54) is 6.08 Å². The van der Waals surface area contributed by atoms with E-state index in [0.29, 0.717) is 0 Å². The molecule has 3 nitrogen and oxygen atoms in total. The summed E-state index contributed by atoms with van der Waals surface area (Å²) in [7, 11) is 0. The second-order valence-electron chi connectivity index (χ2n) is 1.30. The van der Waals surface area contributed by atoms with Crippen LogP contribution in [0, 0.1) is 0 Å². The fourth-order valence-corrected chi connectivity index (χ4v) is 0.276. The summed E-state index contributed by atoms with van der Waals surface area (Å²) >= 11 is 0. The quantitative estimate of drug-likeness (QED) is 0.214. The molecule has 10 heavy (non-hydrogen) atoms. The molecule has 0 saturated heterocycles. The van der Waals surface area contributed by atoms with Gasteiger partial charge in [-0.25, -0.2) is 4.79 Å². The minimum absolute atomic E-state index is 0. The van der Waals surface area contributed by atoms with Crippen LogP contribution in [-0.2, 0) is 9.68 Å². The van der Waals surface area contributed by atoms with Gasteiger partial charge in [0.25, 0.3) is 0 Å². The number of carbonyl (C=O) groups is 1. The number of hydrogen-bond donors (Lipinski definition) is 1. The van der Waals surface area contributed by atoms with Gasteiger partial charge in [-0.2, -0.15) is 5.26 Å². The van der Waals surface area contributed by atoms with Crippen molar-refractivity contribution >= 4 is 57.4 Å². The second kappa shape index (κ2) is 9.55. The molecular formula is C6H9KO3. The van der Waals surface area contributed by atoms with Crippen LogP contribution in [0.2, 0.25) is 0 Å². The molecule has 0 spiro atoms. The van der Waals surface area contributed by atoms with Crippen LogP contribution in [0.15, 0.2) is 24.3 Å². The molecule has 0 aliphatic heterocycles. The fourth-order valence-electron chi connectivity index (χ4n) is 0.276. The van der Waals surface area contributed by atoms with Crippen LogP contribution < -0.4 is 0 Å². The maximum absolute atomic E-state index is 10.1. The van der Waals surface area contributed by atoms with Crippen molar-refractivity contribution in [1.29, 1.82) is 0 Å². The Morgan fingerprint density at radius 2 is 2.10 bits per heavy atom. The first-order valence-corrected chi connectivity index (χ1v) is 2.46. The zero-order valence-corrected chi connectivity index (χ0v) is 5.07. The van der Waals surface area contributed by atoms with Crippen LogP contribution in [0.3, 0.4) is 0 Å². The molecule has 0 aliphatic carbocycles. The number of hydrogen-bond acceptors (Lipinski definition) is 3. The number of allylic oxidation sites excluding steroid dienone is 3. The van der Waals surface area contributed by atoms with Crippen molar-refractivity contribution in [1.82, 2.24) is 0 Å². The molecule has 0 aromatic heterocycles. The Hall–Kier alpha value is 0.546. The summed E-state index contributed by atoms with van der Waals surface area (Å²) in [4.78, 5) is 13.4. The van der Waals surface area contributed by atoms with Crippen LogP contribution in [0.1, 0.15) is 6.92 Å². The first kappa shape index (κ1) is 13.2. The molecule has 0 atom stereocenters. The van der Waals surface area contributed by atoms with Crippen LogP contribution >= 0.6 is 0 Å². The molecule has 4 heteroatoms. The predicted molar refractivity (Wildman–Crippen MR) is 39.8 cm³/mol. The van der Waals surface area contributed by atoms with E-state index in [9.17, 15) is 4.79 Å². The van der Waals surface area contributed by atoms with Gasteiger partial charge in [0, 0.05) is 6.08 Å². The van der Waals surface area contributed by atoms with E-state index < -0.39 is 5.97 Å². The van der Waals surface area contributed by atoms with Crippen LogP contribution in [0.25, 0.3) is 0 Å². The first-order chi connectivity index (χ1) is 4.31. The topological polar surface area (TPSA) is 46.5 Å². The summed E-state index contributed by atoms with van der Waals surface area (Å²) in [5.41, 5.74) is 0. The Kier molecular flexibility index (Phi) is 12.6. The molecule has 0 aliphatic rings. The van der Waals surface area contributed by atoms with Crippen molar-refractivity contribution in [2.24, 2.45) is 0 Å². The van der Waals surface area contributed by atoms with Gasteiger partial charge in [0.2, 0.25) is 0 Å². The standard InChI is InChI=1S/C6H8O3.K.H/c1-2-3-4-5-6(7)9-8;;/h2-5,8H,1H3;;/b3-2+,5-4+;;. The molecule has 0 saturated carbocycles. The van der Waals surface area contributed by atoms with Crippen LogP contribution in [0.4, 0.5) is 0 Å². The average molecular weight is 168 g/mol. The molecule has 0 aromatic carbocycles. The summed E-state index contributed by atoms with van der Waals surface area (Å²) in [6.45, 7) is 1.81. The summed E-state index contributed by atoms with van der Waals surface area (Å²) in [5.74, 6) is -0.770. The van der Waals surface area contributed by atoms with Gasteiger partial charge in [0.05, 0.1) is 0 Å². The molecule has 1 N–H and O–H groups in total. The first-order valence-electron chi connectivity index (χ1n) is 2.46. The Morgan fingerprint density at radius 1 is 1.50 bits per heavy atom. The Balaban J connectivity index is 0. The monoisotopic (exact) mass is 168 g/mol. The minimum atomic E-state index is -0.770. The van der Waals surface area contributed by atoms with Gasteiger partial charge in [0.1, 0.15) is 0 Å². The zero-order valence-electron chi connectivity index (χ0n) is 5.07. The van der Waals surface area contributed by atoms with E-state index in [1.54, 1.807) is 12.2 Å². The van der Waals surface area contributed by atoms with E-state index in [4.69, 9.17) is 5.26 Å². The summed E-state index contributed by atoms with van der Waals surface area (Å²) < 4.78 is 0. The Bertz CT molecular complexity index is 140. The molecule has 0 unspecified atom stereocenters. The fraction of sp³-hybridized carbons (Fsp3) is 0.167. The van der Waals surface area contributed by atoms with E-state index in [0.717, 1.165) is 6.08 Å². The van der Waals surface area contributed by atoms with Gasteiger partial charge in [-0.1, -0.05) is 18.2 Å². The molecule has 0 radical (unpaired) electrons. The van der Waals surface area contributed by atoms with E-state index >= 15 is 0 Å². The van der Waals surface area contributed by atoms with Gasteiger partial charge >= 0.3 is 57.4 Å². The van der Waals surface area contributed by atoms with Crippen molar-refractivity contribution in [3.8, 4) is 0 Å². The van der Waals surface area contributed by atoms with E-state index in [2.05, 4.69) is 4.89 Å². The summed E-state index contributed by atoms with van der Waals surface area (Å²) in [6.07, 6.45) is 5.98. The van der Waals surface area contributed by atoms with Gasteiger partial charge in [0.15, 0.2) is 0 Å². The molecule has 0 aromatic rings. The van der Waals surface area contributed by atoms with Crippen molar-refractivity contribution in [2.45, 2.75) is 6.92 Å². The maximum atomic E-state index is 10.1. The van der Waals surface area contributed by atoms with Gasteiger partial charge < -0.3 is 0 Å². The Morgan fingerprint density at radius 3 is 2.50 bits per heavy atom. The third-order valence-electron chi connectivity index (χ3n) is 0.626. The van der Waals surface area contributed by atoms with Crippen molar-refractivity contribution < 1.29 is 14.9 Å². The van der Waals surface area contributed by atoms with Crippen LogP contribution in [-0.4, -0.2) is 62.6 Å². The molecule has 0 fully saturated rings. The molecule has 0 amide bonds. The molecule has 52 valence electrons.